The molecule has 2 aromatic rings. The monoisotopic (exact) mass is 316 g/mol. The molecule has 3 rings (SSSR count). The van der Waals surface area contributed by atoms with Crippen molar-refractivity contribution in [3.05, 3.63) is 59.4 Å². The van der Waals surface area contributed by atoms with Crippen molar-refractivity contribution in [3.63, 3.8) is 0 Å². The molecule has 4 nitrogen and oxygen atoms in total. The molecule has 0 unspecified atom stereocenters. The second kappa shape index (κ2) is 5.82. The van der Waals surface area contributed by atoms with E-state index in [9.17, 15) is 8.42 Å². The maximum absolute atomic E-state index is 13.0. The Hall–Kier alpha value is -1.72. The Labute approximate surface area is 131 Å². The highest BCUT2D eigenvalue weighted by Gasteiger charge is 2.36. The lowest BCUT2D eigenvalue weighted by atomic mass is 10.0. The van der Waals surface area contributed by atoms with Gasteiger partial charge in [0.15, 0.2) is 0 Å². The van der Waals surface area contributed by atoms with Crippen LogP contribution < -0.4 is 0 Å². The summed E-state index contributed by atoms with van der Waals surface area (Å²) in [6.45, 7) is 4.51. The molecule has 0 aliphatic carbocycles. The summed E-state index contributed by atoms with van der Waals surface area (Å²) in [4.78, 5) is 4.48. The maximum Gasteiger partial charge on any atom is 0.243 e. The lowest BCUT2D eigenvalue weighted by Crippen LogP contribution is -2.31. The summed E-state index contributed by atoms with van der Waals surface area (Å²) in [5, 5.41) is 0. The summed E-state index contributed by atoms with van der Waals surface area (Å²) in [6.07, 6.45) is 5.27. The normalized spacial score (nSPS) is 19.5. The Balaban J connectivity index is 1.99. The van der Waals surface area contributed by atoms with Crippen LogP contribution in [-0.4, -0.2) is 24.3 Å². The molecular formula is C17H20N2O2S. The number of benzene rings is 1. The molecule has 0 N–H and O–H groups in total. The van der Waals surface area contributed by atoms with Crippen molar-refractivity contribution in [1.82, 2.24) is 9.29 Å². The van der Waals surface area contributed by atoms with E-state index in [2.05, 4.69) is 4.98 Å². The van der Waals surface area contributed by atoms with Crippen molar-refractivity contribution in [3.8, 4) is 0 Å². The smallest absolute Gasteiger partial charge is 0.243 e. The lowest BCUT2D eigenvalue weighted by Gasteiger charge is -2.25. The van der Waals surface area contributed by atoms with Crippen molar-refractivity contribution in [1.29, 1.82) is 0 Å². The first-order valence-corrected chi connectivity index (χ1v) is 8.93. The van der Waals surface area contributed by atoms with Gasteiger partial charge in [-0.3, -0.25) is 4.98 Å². The highest BCUT2D eigenvalue weighted by molar-refractivity contribution is 7.89. The maximum atomic E-state index is 13.0. The third-order valence-corrected chi connectivity index (χ3v) is 6.18. The van der Waals surface area contributed by atoms with Crippen LogP contribution in [0, 0.1) is 13.8 Å². The lowest BCUT2D eigenvalue weighted by molar-refractivity contribution is 0.395. The van der Waals surface area contributed by atoms with E-state index in [4.69, 9.17) is 0 Å². The van der Waals surface area contributed by atoms with Gasteiger partial charge in [-0.25, -0.2) is 8.42 Å². The fraction of sp³-hybridized carbons (Fsp3) is 0.353. The molecule has 1 aromatic carbocycles. The van der Waals surface area contributed by atoms with Crippen LogP contribution in [0.4, 0.5) is 0 Å². The van der Waals surface area contributed by atoms with Crippen LogP contribution in [0.25, 0.3) is 0 Å². The molecule has 1 aliphatic rings. The van der Waals surface area contributed by atoms with Gasteiger partial charge >= 0.3 is 0 Å². The van der Waals surface area contributed by atoms with Crippen LogP contribution in [0.5, 0.6) is 0 Å². The molecule has 0 bridgehead atoms. The molecule has 1 aliphatic heterocycles. The van der Waals surface area contributed by atoms with E-state index < -0.39 is 10.0 Å². The predicted octanol–water partition coefficient (Wildman–Crippen LogP) is 3.22. The molecule has 2 heterocycles. The number of aromatic nitrogens is 1. The molecular weight excluding hydrogens is 296 g/mol. The molecule has 5 heteroatoms. The minimum atomic E-state index is -3.46. The molecule has 0 radical (unpaired) electrons. The highest BCUT2D eigenvalue weighted by Crippen LogP contribution is 2.37. The van der Waals surface area contributed by atoms with Crippen molar-refractivity contribution in [2.24, 2.45) is 0 Å². The van der Waals surface area contributed by atoms with Crippen molar-refractivity contribution in [2.45, 2.75) is 37.6 Å². The number of hydrogen-bond donors (Lipinski definition) is 0. The predicted molar refractivity (Wildman–Crippen MR) is 86.0 cm³/mol. The Morgan fingerprint density at radius 1 is 1.14 bits per heavy atom. The molecule has 0 spiro atoms. The van der Waals surface area contributed by atoms with Gasteiger partial charge in [-0.2, -0.15) is 4.31 Å². The topological polar surface area (TPSA) is 50.3 Å². The molecule has 1 saturated heterocycles. The highest BCUT2D eigenvalue weighted by atomic mass is 32.2. The standard InChI is InChI=1S/C17H20N2O2S/c1-13-5-7-15(8-6-13)22(20,21)19-11-3-4-17(19)16-9-10-18-12-14(16)2/h5-10,12,17H,3-4,11H2,1-2H3/t17-/m1/s1. The Morgan fingerprint density at radius 2 is 1.86 bits per heavy atom. The second-order valence-corrected chi connectivity index (χ2v) is 7.71. The van der Waals surface area contributed by atoms with E-state index in [0.29, 0.717) is 11.4 Å². The van der Waals surface area contributed by atoms with Crippen LogP contribution in [0.1, 0.15) is 35.6 Å². The number of pyridine rings is 1. The Bertz CT molecular complexity index is 770. The number of hydrogen-bond acceptors (Lipinski definition) is 3. The summed E-state index contributed by atoms with van der Waals surface area (Å²) in [5.41, 5.74) is 3.16. The van der Waals surface area contributed by atoms with Crippen LogP contribution >= 0.6 is 0 Å². The average Bonchev–Trinajstić information content (AvgIpc) is 2.98. The van der Waals surface area contributed by atoms with Gasteiger partial charge in [-0.15, -0.1) is 0 Å². The SMILES string of the molecule is Cc1ccc(S(=O)(=O)N2CCC[C@@H]2c2ccncc2C)cc1. The second-order valence-electron chi connectivity index (χ2n) is 5.82. The third kappa shape index (κ3) is 2.66. The minimum absolute atomic E-state index is 0.0886. The van der Waals surface area contributed by atoms with Gasteiger partial charge in [0.25, 0.3) is 0 Å². The van der Waals surface area contributed by atoms with Gasteiger partial charge in [0.1, 0.15) is 0 Å². The molecule has 1 fully saturated rings. The number of aryl methyl sites for hydroxylation is 2. The van der Waals surface area contributed by atoms with Crippen LogP contribution in [0.15, 0.2) is 47.6 Å². The summed E-state index contributed by atoms with van der Waals surface area (Å²) >= 11 is 0. The van der Waals surface area contributed by atoms with E-state index in [1.807, 2.05) is 32.0 Å². The first-order chi connectivity index (χ1) is 10.5. The fourth-order valence-corrected chi connectivity index (χ4v) is 4.72. The van der Waals surface area contributed by atoms with Crippen LogP contribution in [0.3, 0.4) is 0 Å². The third-order valence-electron chi connectivity index (χ3n) is 4.25. The minimum Gasteiger partial charge on any atom is -0.264 e. The summed E-state index contributed by atoms with van der Waals surface area (Å²) in [7, 11) is -3.46. The largest absolute Gasteiger partial charge is 0.264 e. The van der Waals surface area contributed by atoms with E-state index in [0.717, 1.165) is 29.5 Å². The Morgan fingerprint density at radius 3 is 2.55 bits per heavy atom. The van der Waals surface area contributed by atoms with Crippen LogP contribution in [0.2, 0.25) is 0 Å². The van der Waals surface area contributed by atoms with Gasteiger partial charge in [-0.1, -0.05) is 17.7 Å². The zero-order valence-corrected chi connectivity index (χ0v) is 13.7. The van der Waals surface area contributed by atoms with E-state index in [1.165, 1.54) is 0 Å². The van der Waals surface area contributed by atoms with E-state index in [1.54, 1.807) is 28.8 Å². The first-order valence-electron chi connectivity index (χ1n) is 7.49. The van der Waals surface area contributed by atoms with Gasteiger partial charge in [-0.05, 0) is 56.0 Å². The molecule has 1 atom stereocenters. The Kier molecular flexibility index (Phi) is 4.02. The fourth-order valence-electron chi connectivity index (χ4n) is 3.04. The average molecular weight is 316 g/mol. The summed E-state index contributed by atoms with van der Waals surface area (Å²) < 4.78 is 27.5. The van der Waals surface area contributed by atoms with Gasteiger partial charge < -0.3 is 0 Å². The molecule has 0 amide bonds. The van der Waals surface area contributed by atoms with Crippen LogP contribution in [-0.2, 0) is 10.0 Å². The zero-order valence-electron chi connectivity index (χ0n) is 12.9. The quantitative estimate of drug-likeness (QED) is 0.873. The van der Waals surface area contributed by atoms with E-state index >= 15 is 0 Å². The van der Waals surface area contributed by atoms with Gasteiger partial charge in [0.2, 0.25) is 10.0 Å². The van der Waals surface area contributed by atoms with Crippen molar-refractivity contribution in [2.75, 3.05) is 6.54 Å². The summed E-state index contributed by atoms with van der Waals surface area (Å²) in [6, 6.07) is 8.92. The van der Waals surface area contributed by atoms with Crippen molar-refractivity contribution >= 4 is 10.0 Å². The van der Waals surface area contributed by atoms with E-state index in [-0.39, 0.29) is 6.04 Å². The zero-order chi connectivity index (χ0) is 15.7. The number of sulfonamides is 1. The van der Waals surface area contributed by atoms with Gasteiger partial charge in [0.05, 0.1) is 10.9 Å². The summed E-state index contributed by atoms with van der Waals surface area (Å²) in [5.74, 6) is 0. The molecule has 116 valence electrons. The number of nitrogens with zero attached hydrogens (tertiary/aromatic N) is 2. The number of rotatable bonds is 3. The molecule has 0 saturated carbocycles. The first kappa shape index (κ1) is 15.2. The van der Waals surface area contributed by atoms with Crippen molar-refractivity contribution < 1.29 is 8.42 Å². The molecule has 1 aromatic heterocycles. The van der Waals surface area contributed by atoms with Gasteiger partial charge in [0, 0.05) is 18.9 Å². The molecule has 22 heavy (non-hydrogen) atoms.